The highest BCUT2D eigenvalue weighted by Crippen LogP contribution is 2.37. The lowest BCUT2D eigenvalue weighted by atomic mass is 9.94. The molecule has 3 nitrogen and oxygen atoms in total. The van der Waals surface area contributed by atoms with Crippen molar-refractivity contribution in [2.24, 2.45) is 0 Å². The first kappa shape index (κ1) is 21.3. The third kappa shape index (κ3) is 4.71. The summed E-state index contributed by atoms with van der Waals surface area (Å²) in [5.41, 5.74) is 1.21. The summed E-state index contributed by atoms with van der Waals surface area (Å²) in [4.78, 5) is 15.3. The van der Waals surface area contributed by atoms with E-state index in [9.17, 15) is 9.18 Å². The largest absolute Gasteiger partial charge is 0.489 e. The number of thioether (sulfide) groups is 1. The van der Waals surface area contributed by atoms with Gasteiger partial charge in [-0.3, -0.25) is 9.69 Å². The van der Waals surface area contributed by atoms with Gasteiger partial charge in [0.1, 0.15) is 22.5 Å². The highest BCUT2D eigenvalue weighted by molar-refractivity contribution is 8.26. The van der Waals surface area contributed by atoms with Gasteiger partial charge in [0.2, 0.25) is 0 Å². The molecule has 0 aromatic heterocycles. The molecule has 30 heavy (non-hydrogen) atoms. The summed E-state index contributed by atoms with van der Waals surface area (Å²) in [7, 11) is 0. The number of amides is 1. The first-order valence-electron chi connectivity index (χ1n) is 9.96. The number of thiocarbonyl (C=S) groups is 1. The third-order valence-electron chi connectivity index (χ3n) is 5.39. The first-order chi connectivity index (χ1) is 14.5. The van der Waals surface area contributed by atoms with Crippen molar-refractivity contribution >= 4 is 51.9 Å². The second-order valence-electron chi connectivity index (χ2n) is 7.40. The zero-order valence-corrected chi connectivity index (χ0v) is 18.7. The molecule has 1 aliphatic heterocycles. The van der Waals surface area contributed by atoms with Gasteiger partial charge in [-0.1, -0.05) is 73.0 Å². The highest BCUT2D eigenvalue weighted by Gasteiger charge is 2.37. The van der Waals surface area contributed by atoms with Crippen molar-refractivity contribution in [3.05, 3.63) is 69.3 Å². The number of carbonyl (C=O) groups is 1. The van der Waals surface area contributed by atoms with Gasteiger partial charge >= 0.3 is 0 Å². The monoisotopic (exact) mass is 461 g/mol. The van der Waals surface area contributed by atoms with Crippen molar-refractivity contribution in [1.29, 1.82) is 0 Å². The van der Waals surface area contributed by atoms with Gasteiger partial charge in [-0.25, -0.2) is 4.39 Å². The molecule has 2 aromatic rings. The van der Waals surface area contributed by atoms with Gasteiger partial charge in [0, 0.05) is 11.6 Å². The fourth-order valence-corrected chi connectivity index (χ4v) is 5.39. The van der Waals surface area contributed by atoms with Crippen molar-refractivity contribution in [3.8, 4) is 5.75 Å². The van der Waals surface area contributed by atoms with E-state index in [1.165, 1.54) is 24.2 Å². The Hall–Kier alpha value is -1.89. The molecule has 0 unspecified atom stereocenters. The van der Waals surface area contributed by atoms with E-state index in [0.717, 1.165) is 31.2 Å². The van der Waals surface area contributed by atoms with Gasteiger partial charge in [0.15, 0.2) is 0 Å². The smallest absolute Gasteiger partial charge is 0.266 e. The Bertz CT molecular complexity index is 967. The van der Waals surface area contributed by atoms with Crippen molar-refractivity contribution in [1.82, 2.24) is 4.90 Å². The van der Waals surface area contributed by atoms with E-state index in [1.54, 1.807) is 29.2 Å². The van der Waals surface area contributed by atoms with Crippen molar-refractivity contribution in [2.75, 3.05) is 0 Å². The minimum absolute atomic E-state index is 0.00595. The molecular weight excluding hydrogens is 441 g/mol. The Labute approximate surface area is 190 Å². The quantitative estimate of drug-likeness (QED) is 0.371. The summed E-state index contributed by atoms with van der Waals surface area (Å²) in [6.45, 7) is 0.0465. The van der Waals surface area contributed by atoms with Gasteiger partial charge in [0.05, 0.1) is 9.93 Å². The number of halogens is 2. The number of hydrogen-bond acceptors (Lipinski definition) is 4. The van der Waals surface area contributed by atoms with Crippen LogP contribution in [0.3, 0.4) is 0 Å². The Morgan fingerprint density at radius 1 is 1.17 bits per heavy atom. The molecule has 0 N–H and O–H groups in total. The Morgan fingerprint density at radius 3 is 2.60 bits per heavy atom. The molecule has 1 saturated carbocycles. The minimum atomic E-state index is -0.390. The fourth-order valence-electron chi connectivity index (χ4n) is 3.77. The Balaban J connectivity index is 1.42. The summed E-state index contributed by atoms with van der Waals surface area (Å²) < 4.78 is 20.2. The van der Waals surface area contributed by atoms with E-state index >= 15 is 0 Å². The maximum atomic E-state index is 13.9. The van der Waals surface area contributed by atoms with Gasteiger partial charge in [0.25, 0.3) is 5.91 Å². The summed E-state index contributed by atoms with van der Waals surface area (Å²) in [5.74, 6) is 0.215. The molecule has 2 aliphatic rings. The number of benzene rings is 2. The predicted molar refractivity (Wildman–Crippen MR) is 124 cm³/mol. The summed E-state index contributed by atoms with van der Waals surface area (Å²) in [6.07, 6.45) is 7.45. The second kappa shape index (κ2) is 9.50. The standard InChI is InChI=1S/C23H21ClFNO2S2/c24-19-7-4-8-20(25)18(19)14-28-17-11-9-15(10-12-17)13-21-22(27)26(23(29)30-21)16-5-2-1-3-6-16/h4,7-13,16H,1-3,5-6,14H2/b21-13+. The maximum Gasteiger partial charge on any atom is 0.266 e. The molecule has 0 radical (unpaired) electrons. The van der Waals surface area contributed by atoms with E-state index in [2.05, 4.69) is 0 Å². The lowest BCUT2D eigenvalue weighted by Crippen LogP contribution is -2.39. The highest BCUT2D eigenvalue weighted by atomic mass is 35.5. The molecule has 0 bridgehead atoms. The molecule has 0 atom stereocenters. The number of rotatable bonds is 5. The van der Waals surface area contributed by atoms with E-state index in [-0.39, 0.29) is 24.4 Å². The zero-order valence-electron chi connectivity index (χ0n) is 16.3. The summed E-state index contributed by atoms with van der Waals surface area (Å²) >= 11 is 12.9. The van der Waals surface area contributed by atoms with Gasteiger partial charge in [-0.2, -0.15) is 0 Å². The summed E-state index contributed by atoms with van der Waals surface area (Å²) in [6, 6.07) is 12.1. The maximum absolute atomic E-state index is 13.9. The van der Waals surface area contributed by atoms with Crippen LogP contribution in [0, 0.1) is 5.82 Å². The van der Waals surface area contributed by atoms with Crippen LogP contribution in [0.2, 0.25) is 5.02 Å². The molecule has 4 rings (SSSR count). The summed E-state index contributed by atoms with van der Waals surface area (Å²) in [5, 5.41) is 0.339. The number of ether oxygens (including phenoxy) is 1. The second-order valence-corrected chi connectivity index (χ2v) is 9.48. The zero-order chi connectivity index (χ0) is 21.1. The van der Waals surface area contributed by atoms with Gasteiger partial charge in [-0.05, 0) is 48.7 Å². The van der Waals surface area contributed by atoms with Crippen LogP contribution in [-0.4, -0.2) is 21.2 Å². The molecule has 1 saturated heterocycles. The van der Waals surface area contributed by atoms with Gasteiger partial charge < -0.3 is 4.74 Å². The molecular formula is C23H21ClFNO2S2. The van der Waals surface area contributed by atoms with Crippen molar-refractivity contribution in [2.45, 2.75) is 44.8 Å². The topological polar surface area (TPSA) is 29.5 Å². The first-order valence-corrected chi connectivity index (χ1v) is 11.6. The van der Waals surface area contributed by atoms with Crippen molar-refractivity contribution in [3.63, 3.8) is 0 Å². The lowest BCUT2D eigenvalue weighted by molar-refractivity contribution is -0.124. The normalized spacial score (nSPS) is 19.0. The molecule has 156 valence electrons. The van der Waals surface area contributed by atoms with Crippen LogP contribution in [0.15, 0.2) is 47.4 Å². The number of hydrogen-bond donors (Lipinski definition) is 0. The van der Waals surface area contributed by atoms with E-state index in [1.807, 2.05) is 18.2 Å². The van der Waals surface area contributed by atoms with Crippen LogP contribution in [0.4, 0.5) is 4.39 Å². The molecule has 1 heterocycles. The average Bonchev–Trinajstić information content (AvgIpc) is 3.02. The van der Waals surface area contributed by atoms with Crippen LogP contribution in [0.5, 0.6) is 5.75 Å². The Kier molecular flexibility index (Phi) is 6.76. The van der Waals surface area contributed by atoms with Gasteiger partial charge in [-0.15, -0.1) is 0 Å². The van der Waals surface area contributed by atoms with Crippen LogP contribution < -0.4 is 4.74 Å². The fraction of sp³-hybridized carbons (Fsp3) is 0.304. The number of carbonyl (C=O) groups excluding carboxylic acids is 1. The predicted octanol–water partition coefficient (Wildman–Crippen LogP) is 6.59. The van der Waals surface area contributed by atoms with Crippen LogP contribution in [0.25, 0.3) is 6.08 Å². The lowest BCUT2D eigenvalue weighted by Gasteiger charge is -2.29. The van der Waals surface area contributed by atoms with E-state index in [4.69, 9.17) is 28.6 Å². The molecule has 1 amide bonds. The molecule has 2 aromatic carbocycles. The number of nitrogens with zero attached hydrogens (tertiary/aromatic N) is 1. The average molecular weight is 462 g/mol. The molecule has 0 spiro atoms. The molecule has 1 aliphatic carbocycles. The minimum Gasteiger partial charge on any atom is -0.489 e. The SMILES string of the molecule is O=C1/C(=C\c2ccc(OCc3c(F)cccc3Cl)cc2)SC(=S)N1C1CCCCC1. The van der Waals surface area contributed by atoms with Crippen LogP contribution >= 0.6 is 35.6 Å². The Morgan fingerprint density at radius 2 is 1.90 bits per heavy atom. The van der Waals surface area contributed by atoms with Crippen LogP contribution in [0.1, 0.15) is 43.2 Å². The van der Waals surface area contributed by atoms with Crippen molar-refractivity contribution < 1.29 is 13.9 Å². The third-order valence-corrected chi connectivity index (χ3v) is 7.07. The van der Waals surface area contributed by atoms with E-state index < -0.39 is 0 Å². The van der Waals surface area contributed by atoms with Crippen LogP contribution in [-0.2, 0) is 11.4 Å². The molecule has 7 heteroatoms. The van der Waals surface area contributed by atoms with E-state index in [0.29, 0.717) is 25.6 Å². The molecule has 2 fully saturated rings.